The molecule has 1 saturated carbocycles. The minimum Gasteiger partial charge on any atom is -0.493 e. The maximum Gasteiger partial charge on any atom is 0.261 e. The molecule has 0 spiro atoms. The van der Waals surface area contributed by atoms with Crippen molar-refractivity contribution in [2.24, 2.45) is 0 Å². The summed E-state index contributed by atoms with van der Waals surface area (Å²) >= 11 is 0. The Kier molecular flexibility index (Phi) is 4.66. The van der Waals surface area contributed by atoms with E-state index in [1.54, 1.807) is 31.3 Å². The van der Waals surface area contributed by atoms with Crippen molar-refractivity contribution in [1.29, 1.82) is 0 Å². The third kappa shape index (κ3) is 3.10. The van der Waals surface area contributed by atoms with Gasteiger partial charge in [0.2, 0.25) is 0 Å². The Hall–Kier alpha value is -2.73. The van der Waals surface area contributed by atoms with E-state index in [4.69, 9.17) is 19.9 Å². The quantitative estimate of drug-likeness (QED) is 0.810. The molecule has 27 heavy (non-hydrogen) atoms. The van der Waals surface area contributed by atoms with E-state index in [1.807, 2.05) is 24.3 Å². The summed E-state index contributed by atoms with van der Waals surface area (Å²) < 4.78 is 17.3. The SMILES string of the molecule is COc1ccc(N2C(=O)c3cc(N)ccc3C2OC)cc1OC1CCCC1. The molecule has 0 aromatic heterocycles. The fraction of sp³-hybridized carbons (Fsp3) is 0.381. The highest BCUT2D eigenvalue weighted by atomic mass is 16.5. The molecule has 142 valence electrons. The molecule has 1 amide bonds. The van der Waals surface area contributed by atoms with E-state index in [2.05, 4.69) is 0 Å². The molecule has 1 aliphatic carbocycles. The summed E-state index contributed by atoms with van der Waals surface area (Å²) in [7, 11) is 3.21. The molecule has 2 aromatic carbocycles. The highest BCUT2D eigenvalue weighted by molar-refractivity contribution is 6.11. The second-order valence-corrected chi connectivity index (χ2v) is 6.97. The van der Waals surface area contributed by atoms with Crippen LogP contribution in [0.1, 0.15) is 47.8 Å². The zero-order valence-electron chi connectivity index (χ0n) is 15.6. The fourth-order valence-electron chi connectivity index (χ4n) is 3.93. The lowest BCUT2D eigenvalue weighted by molar-refractivity contribution is 0.0822. The van der Waals surface area contributed by atoms with Crippen LogP contribution < -0.4 is 20.1 Å². The van der Waals surface area contributed by atoms with Gasteiger partial charge in [-0.1, -0.05) is 6.07 Å². The van der Waals surface area contributed by atoms with Crippen LogP contribution in [0.25, 0.3) is 0 Å². The summed E-state index contributed by atoms with van der Waals surface area (Å²) in [6.45, 7) is 0. The van der Waals surface area contributed by atoms with Gasteiger partial charge in [0, 0.05) is 30.0 Å². The molecule has 0 saturated heterocycles. The van der Waals surface area contributed by atoms with E-state index in [0.29, 0.717) is 28.4 Å². The number of hydrogen-bond donors (Lipinski definition) is 1. The molecule has 0 radical (unpaired) electrons. The number of nitrogen functional groups attached to an aromatic ring is 1. The Bertz CT molecular complexity index is 861. The Balaban J connectivity index is 1.71. The number of anilines is 2. The van der Waals surface area contributed by atoms with Crippen molar-refractivity contribution < 1.29 is 19.0 Å². The molecule has 1 aliphatic heterocycles. The Morgan fingerprint density at radius 2 is 1.81 bits per heavy atom. The van der Waals surface area contributed by atoms with Gasteiger partial charge in [0.05, 0.1) is 18.9 Å². The van der Waals surface area contributed by atoms with Gasteiger partial charge < -0.3 is 19.9 Å². The molecule has 4 rings (SSSR count). The first-order chi connectivity index (χ1) is 13.1. The van der Waals surface area contributed by atoms with Gasteiger partial charge >= 0.3 is 0 Å². The first-order valence-corrected chi connectivity index (χ1v) is 9.23. The summed E-state index contributed by atoms with van der Waals surface area (Å²) in [5, 5.41) is 0. The van der Waals surface area contributed by atoms with Gasteiger partial charge in [-0.05, 0) is 49.9 Å². The van der Waals surface area contributed by atoms with Crippen LogP contribution in [0, 0.1) is 0 Å². The van der Waals surface area contributed by atoms with E-state index < -0.39 is 6.23 Å². The maximum atomic E-state index is 13.0. The van der Waals surface area contributed by atoms with E-state index in [0.717, 1.165) is 18.4 Å². The van der Waals surface area contributed by atoms with Crippen LogP contribution in [0.15, 0.2) is 36.4 Å². The topological polar surface area (TPSA) is 74.0 Å². The van der Waals surface area contributed by atoms with Gasteiger partial charge in [-0.15, -0.1) is 0 Å². The number of methoxy groups -OCH3 is 2. The molecule has 6 heteroatoms. The lowest BCUT2D eigenvalue weighted by Crippen LogP contribution is -2.28. The van der Waals surface area contributed by atoms with Gasteiger partial charge in [-0.2, -0.15) is 0 Å². The van der Waals surface area contributed by atoms with Crippen molar-refractivity contribution in [2.45, 2.75) is 38.0 Å². The number of carbonyl (C=O) groups is 1. The van der Waals surface area contributed by atoms with Gasteiger partial charge in [0.1, 0.15) is 0 Å². The lowest BCUT2D eigenvalue weighted by Gasteiger charge is -2.25. The normalized spacial score (nSPS) is 19.4. The minimum absolute atomic E-state index is 0.138. The van der Waals surface area contributed by atoms with Crippen LogP contribution in [0.5, 0.6) is 11.5 Å². The summed E-state index contributed by atoms with van der Waals surface area (Å²) in [6, 6.07) is 10.9. The van der Waals surface area contributed by atoms with E-state index >= 15 is 0 Å². The summed E-state index contributed by atoms with van der Waals surface area (Å²) in [5.74, 6) is 1.18. The third-order valence-corrected chi connectivity index (χ3v) is 5.27. The summed E-state index contributed by atoms with van der Waals surface area (Å²) in [6.07, 6.45) is 4.14. The maximum absolute atomic E-state index is 13.0. The molecule has 2 N–H and O–H groups in total. The lowest BCUT2D eigenvalue weighted by atomic mass is 10.1. The first kappa shape index (κ1) is 17.7. The van der Waals surface area contributed by atoms with Crippen LogP contribution in [0.2, 0.25) is 0 Å². The van der Waals surface area contributed by atoms with Crippen molar-refractivity contribution in [3.8, 4) is 11.5 Å². The Labute approximate surface area is 158 Å². The Morgan fingerprint density at radius 1 is 1.04 bits per heavy atom. The average molecular weight is 368 g/mol. The van der Waals surface area contributed by atoms with Crippen molar-refractivity contribution in [3.05, 3.63) is 47.5 Å². The molecule has 1 heterocycles. The fourth-order valence-corrected chi connectivity index (χ4v) is 3.93. The number of nitrogens with zero attached hydrogens (tertiary/aromatic N) is 1. The highest BCUT2D eigenvalue weighted by Crippen LogP contribution is 2.42. The number of nitrogens with two attached hydrogens (primary N) is 1. The summed E-state index contributed by atoms with van der Waals surface area (Å²) in [5.41, 5.74) is 8.50. The van der Waals surface area contributed by atoms with Crippen molar-refractivity contribution in [1.82, 2.24) is 0 Å². The van der Waals surface area contributed by atoms with Crippen LogP contribution in [-0.4, -0.2) is 26.2 Å². The largest absolute Gasteiger partial charge is 0.493 e. The standard InChI is InChI=1S/C21H24N2O4/c1-25-18-10-8-14(12-19(18)27-15-5-3-4-6-15)23-20(24)17-11-13(22)7-9-16(17)21(23)26-2/h7-12,15,21H,3-6,22H2,1-2H3. The van der Waals surface area contributed by atoms with Crippen LogP contribution in [0.3, 0.4) is 0 Å². The average Bonchev–Trinajstić information content (AvgIpc) is 3.28. The van der Waals surface area contributed by atoms with Crippen LogP contribution >= 0.6 is 0 Å². The highest BCUT2D eigenvalue weighted by Gasteiger charge is 2.38. The molecular formula is C21H24N2O4. The number of carbonyl (C=O) groups excluding carboxylic acids is 1. The van der Waals surface area contributed by atoms with Gasteiger partial charge in [-0.25, -0.2) is 0 Å². The molecule has 1 unspecified atom stereocenters. The second kappa shape index (κ2) is 7.12. The number of amides is 1. The number of benzene rings is 2. The zero-order chi connectivity index (χ0) is 19.0. The minimum atomic E-state index is -0.499. The number of ether oxygens (including phenoxy) is 3. The second-order valence-electron chi connectivity index (χ2n) is 6.97. The van der Waals surface area contributed by atoms with Crippen molar-refractivity contribution in [2.75, 3.05) is 24.9 Å². The van der Waals surface area contributed by atoms with E-state index in [1.165, 1.54) is 12.8 Å². The molecule has 2 aromatic rings. The van der Waals surface area contributed by atoms with Gasteiger partial charge in [0.15, 0.2) is 17.7 Å². The number of rotatable bonds is 5. The van der Waals surface area contributed by atoms with E-state index in [-0.39, 0.29) is 12.0 Å². The molecular weight excluding hydrogens is 344 g/mol. The van der Waals surface area contributed by atoms with Gasteiger partial charge in [0.25, 0.3) is 5.91 Å². The molecule has 2 aliphatic rings. The molecule has 1 atom stereocenters. The van der Waals surface area contributed by atoms with Gasteiger partial charge in [-0.3, -0.25) is 9.69 Å². The zero-order valence-corrected chi connectivity index (χ0v) is 15.6. The van der Waals surface area contributed by atoms with Crippen LogP contribution in [-0.2, 0) is 4.74 Å². The smallest absolute Gasteiger partial charge is 0.261 e. The third-order valence-electron chi connectivity index (χ3n) is 5.27. The number of fused-ring (bicyclic) bond motifs is 1. The van der Waals surface area contributed by atoms with Crippen LogP contribution in [0.4, 0.5) is 11.4 Å². The molecule has 1 fully saturated rings. The molecule has 0 bridgehead atoms. The molecule has 6 nitrogen and oxygen atoms in total. The number of hydrogen-bond acceptors (Lipinski definition) is 5. The predicted molar refractivity (Wildman–Crippen MR) is 103 cm³/mol. The first-order valence-electron chi connectivity index (χ1n) is 9.23. The predicted octanol–water partition coefficient (Wildman–Crippen LogP) is 3.90. The van der Waals surface area contributed by atoms with Crippen molar-refractivity contribution >= 4 is 17.3 Å². The Morgan fingerprint density at radius 3 is 2.52 bits per heavy atom. The summed E-state index contributed by atoms with van der Waals surface area (Å²) in [4.78, 5) is 14.7. The van der Waals surface area contributed by atoms with Crippen molar-refractivity contribution in [3.63, 3.8) is 0 Å². The monoisotopic (exact) mass is 368 g/mol. The van der Waals surface area contributed by atoms with E-state index in [9.17, 15) is 4.79 Å².